The van der Waals surface area contributed by atoms with Crippen molar-refractivity contribution < 1.29 is 9.84 Å². The summed E-state index contributed by atoms with van der Waals surface area (Å²) in [6, 6.07) is 0. The lowest BCUT2D eigenvalue weighted by Gasteiger charge is -2.14. The van der Waals surface area contributed by atoms with Crippen LogP contribution in [-0.4, -0.2) is 24.9 Å². The van der Waals surface area contributed by atoms with Crippen molar-refractivity contribution in [3.8, 4) is 0 Å². The Labute approximate surface area is 82.3 Å². The van der Waals surface area contributed by atoms with Crippen molar-refractivity contribution >= 4 is 0 Å². The fourth-order valence-corrected chi connectivity index (χ4v) is 1.31. The Morgan fingerprint density at radius 2 is 2.00 bits per heavy atom. The Hall–Kier alpha value is -0.0800. The zero-order valence-electron chi connectivity index (χ0n) is 9.09. The van der Waals surface area contributed by atoms with Crippen LogP contribution >= 0.6 is 0 Å². The van der Waals surface area contributed by atoms with Gasteiger partial charge in [0.25, 0.3) is 0 Å². The molecule has 0 aliphatic heterocycles. The minimum Gasteiger partial charge on any atom is -0.396 e. The van der Waals surface area contributed by atoms with Crippen LogP contribution in [0.2, 0.25) is 0 Å². The van der Waals surface area contributed by atoms with Crippen molar-refractivity contribution in [1.29, 1.82) is 0 Å². The Morgan fingerprint density at radius 3 is 2.54 bits per heavy atom. The molecule has 1 N–H and O–H groups in total. The molecule has 0 aromatic heterocycles. The molecule has 0 saturated heterocycles. The van der Waals surface area contributed by atoms with E-state index in [0.717, 1.165) is 18.9 Å². The van der Waals surface area contributed by atoms with Crippen LogP contribution in [0.4, 0.5) is 0 Å². The molecule has 0 radical (unpaired) electrons. The molecule has 2 heteroatoms. The molecule has 0 aliphatic carbocycles. The summed E-state index contributed by atoms with van der Waals surface area (Å²) >= 11 is 0. The molecule has 0 spiro atoms. The molecule has 1 unspecified atom stereocenters. The van der Waals surface area contributed by atoms with Crippen LogP contribution in [0.25, 0.3) is 0 Å². The summed E-state index contributed by atoms with van der Waals surface area (Å²) in [6.45, 7) is 6.26. The van der Waals surface area contributed by atoms with Crippen molar-refractivity contribution in [2.75, 3.05) is 19.8 Å². The third-order valence-electron chi connectivity index (χ3n) is 2.34. The van der Waals surface area contributed by atoms with E-state index >= 15 is 0 Å². The highest BCUT2D eigenvalue weighted by Crippen LogP contribution is 2.12. The number of rotatable bonds is 9. The number of ether oxygens (including phenoxy) is 1. The summed E-state index contributed by atoms with van der Waals surface area (Å²) in [5, 5.41) is 8.55. The highest BCUT2D eigenvalue weighted by atomic mass is 16.5. The van der Waals surface area contributed by atoms with E-state index in [9.17, 15) is 0 Å². The zero-order chi connectivity index (χ0) is 9.94. The highest BCUT2D eigenvalue weighted by molar-refractivity contribution is 4.55. The Bertz CT molecular complexity index is 94.1. The standard InChI is InChI=1S/C11H24O2/c1-3-5-7-11(4-2)10-13-9-6-8-12/h11-12H,3-10H2,1-2H3. The van der Waals surface area contributed by atoms with E-state index in [1.165, 1.54) is 25.7 Å². The smallest absolute Gasteiger partial charge is 0.0494 e. The zero-order valence-corrected chi connectivity index (χ0v) is 9.09. The van der Waals surface area contributed by atoms with Gasteiger partial charge in [0.1, 0.15) is 0 Å². The van der Waals surface area contributed by atoms with E-state index in [2.05, 4.69) is 13.8 Å². The molecule has 0 amide bonds. The van der Waals surface area contributed by atoms with E-state index in [4.69, 9.17) is 9.84 Å². The number of hydrogen-bond donors (Lipinski definition) is 1. The van der Waals surface area contributed by atoms with Gasteiger partial charge in [0.15, 0.2) is 0 Å². The second kappa shape index (κ2) is 10.0. The Balaban J connectivity index is 3.25. The first-order chi connectivity index (χ1) is 6.35. The first-order valence-corrected chi connectivity index (χ1v) is 5.53. The predicted molar refractivity (Wildman–Crippen MR) is 55.8 cm³/mol. The largest absolute Gasteiger partial charge is 0.396 e. The molecule has 0 fully saturated rings. The molecule has 0 bridgehead atoms. The van der Waals surface area contributed by atoms with Crippen molar-refractivity contribution in [1.82, 2.24) is 0 Å². The summed E-state index contributed by atoms with van der Waals surface area (Å²) in [4.78, 5) is 0. The SMILES string of the molecule is CCCCC(CC)COCCCO. The number of aliphatic hydroxyl groups excluding tert-OH is 1. The van der Waals surface area contributed by atoms with Crippen molar-refractivity contribution in [3.05, 3.63) is 0 Å². The second-order valence-corrected chi connectivity index (χ2v) is 3.57. The van der Waals surface area contributed by atoms with Gasteiger partial charge < -0.3 is 9.84 Å². The molecule has 80 valence electrons. The molecular formula is C11H24O2. The monoisotopic (exact) mass is 188 g/mol. The van der Waals surface area contributed by atoms with Gasteiger partial charge in [-0.3, -0.25) is 0 Å². The van der Waals surface area contributed by atoms with Gasteiger partial charge in [0, 0.05) is 19.8 Å². The summed E-state index contributed by atoms with van der Waals surface area (Å²) in [6.07, 6.45) is 5.84. The van der Waals surface area contributed by atoms with E-state index in [0.29, 0.717) is 6.61 Å². The molecule has 0 heterocycles. The Kier molecular flexibility index (Phi) is 9.94. The Morgan fingerprint density at radius 1 is 1.23 bits per heavy atom. The van der Waals surface area contributed by atoms with Gasteiger partial charge in [-0.2, -0.15) is 0 Å². The molecular weight excluding hydrogens is 164 g/mol. The molecule has 0 aromatic carbocycles. The molecule has 0 aromatic rings. The maximum Gasteiger partial charge on any atom is 0.0494 e. The first kappa shape index (κ1) is 12.9. The van der Waals surface area contributed by atoms with E-state index in [-0.39, 0.29) is 6.61 Å². The van der Waals surface area contributed by atoms with Crippen LogP contribution in [0.5, 0.6) is 0 Å². The lowest BCUT2D eigenvalue weighted by molar-refractivity contribution is 0.0821. The fraction of sp³-hybridized carbons (Fsp3) is 1.00. The molecule has 2 nitrogen and oxygen atoms in total. The average Bonchev–Trinajstić information content (AvgIpc) is 2.17. The van der Waals surface area contributed by atoms with Crippen LogP contribution < -0.4 is 0 Å². The summed E-state index contributed by atoms with van der Waals surface area (Å²) in [5.41, 5.74) is 0. The van der Waals surface area contributed by atoms with Crippen LogP contribution in [0, 0.1) is 5.92 Å². The van der Waals surface area contributed by atoms with Crippen molar-refractivity contribution in [3.63, 3.8) is 0 Å². The summed E-state index contributed by atoms with van der Waals surface area (Å²) in [7, 11) is 0. The minimum absolute atomic E-state index is 0.242. The van der Waals surface area contributed by atoms with Crippen LogP contribution in [0.3, 0.4) is 0 Å². The van der Waals surface area contributed by atoms with Crippen molar-refractivity contribution in [2.45, 2.75) is 46.0 Å². The second-order valence-electron chi connectivity index (χ2n) is 3.57. The maximum absolute atomic E-state index is 8.55. The lowest BCUT2D eigenvalue weighted by atomic mass is 10.0. The minimum atomic E-state index is 0.242. The quantitative estimate of drug-likeness (QED) is 0.564. The third-order valence-corrected chi connectivity index (χ3v) is 2.34. The maximum atomic E-state index is 8.55. The highest BCUT2D eigenvalue weighted by Gasteiger charge is 2.04. The van der Waals surface area contributed by atoms with Gasteiger partial charge in [0.2, 0.25) is 0 Å². The first-order valence-electron chi connectivity index (χ1n) is 5.53. The van der Waals surface area contributed by atoms with Gasteiger partial charge in [-0.25, -0.2) is 0 Å². The van der Waals surface area contributed by atoms with Gasteiger partial charge in [-0.1, -0.05) is 33.1 Å². The van der Waals surface area contributed by atoms with Crippen LogP contribution in [0.15, 0.2) is 0 Å². The molecule has 0 saturated carbocycles. The topological polar surface area (TPSA) is 29.5 Å². The van der Waals surface area contributed by atoms with E-state index in [1.807, 2.05) is 0 Å². The predicted octanol–water partition coefficient (Wildman–Crippen LogP) is 2.60. The van der Waals surface area contributed by atoms with Crippen LogP contribution in [0.1, 0.15) is 46.0 Å². The number of hydrogen-bond acceptors (Lipinski definition) is 2. The summed E-state index contributed by atoms with van der Waals surface area (Å²) < 4.78 is 5.46. The third kappa shape index (κ3) is 8.26. The molecule has 1 atom stereocenters. The van der Waals surface area contributed by atoms with Gasteiger partial charge in [0.05, 0.1) is 0 Å². The van der Waals surface area contributed by atoms with E-state index < -0.39 is 0 Å². The van der Waals surface area contributed by atoms with Crippen molar-refractivity contribution in [2.24, 2.45) is 5.92 Å². The number of aliphatic hydroxyl groups is 1. The van der Waals surface area contributed by atoms with E-state index in [1.54, 1.807) is 0 Å². The fourth-order valence-electron chi connectivity index (χ4n) is 1.31. The van der Waals surface area contributed by atoms with Gasteiger partial charge in [-0.15, -0.1) is 0 Å². The molecule has 13 heavy (non-hydrogen) atoms. The van der Waals surface area contributed by atoms with Gasteiger partial charge in [-0.05, 0) is 18.8 Å². The normalized spacial score (nSPS) is 13.2. The lowest BCUT2D eigenvalue weighted by Crippen LogP contribution is -2.10. The average molecular weight is 188 g/mol. The number of unbranched alkanes of at least 4 members (excludes halogenated alkanes) is 1. The van der Waals surface area contributed by atoms with Gasteiger partial charge >= 0.3 is 0 Å². The molecule has 0 aliphatic rings. The molecule has 0 rings (SSSR count). The van der Waals surface area contributed by atoms with Crippen LogP contribution in [-0.2, 0) is 4.74 Å². The summed E-state index contributed by atoms with van der Waals surface area (Å²) in [5.74, 6) is 0.721.